The van der Waals surface area contributed by atoms with Crippen LogP contribution in [0.1, 0.15) is 19.4 Å². The number of methoxy groups -OCH3 is 1. The Morgan fingerprint density at radius 3 is 2.54 bits per heavy atom. The minimum atomic E-state index is -0.538. The molecule has 0 saturated carbocycles. The fourth-order valence-electron chi connectivity index (χ4n) is 2.88. The van der Waals surface area contributed by atoms with E-state index in [0.717, 1.165) is 25.2 Å². The number of likely N-dealkylation sites (tertiary alicyclic amines) is 1. The number of aliphatic hydroxyl groups excluding tert-OH is 2. The molecule has 136 valence electrons. The minimum Gasteiger partial charge on any atom is -0.493 e. The second-order valence-corrected chi connectivity index (χ2v) is 6.28. The van der Waals surface area contributed by atoms with Gasteiger partial charge in [-0.25, -0.2) is 0 Å². The lowest BCUT2D eigenvalue weighted by Crippen LogP contribution is -2.49. The Labute approximate surface area is 144 Å². The number of nitrogens with zero attached hydrogens (tertiary/aromatic N) is 2. The van der Waals surface area contributed by atoms with Crippen molar-refractivity contribution in [1.29, 1.82) is 0 Å². The molecule has 0 amide bonds. The largest absolute Gasteiger partial charge is 0.493 e. The molecule has 1 heterocycles. The van der Waals surface area contributed by atoms with Crippen LogP contribution in [0.15, 0.2) is 18.2 Å². The summed E-state index contributed by atoms with van der Waals surface area (Å²) >= 11 is 0. The zero-order chi connectivity index (χ0) is 17.5. The predicted molar refractivity (Wildman–Crippen MR) is 93.6 cm³/mol. The zero-order valence-electron chi connectivity index (χ0n) is 14.9. The van der Waals surface area contributed by atoms with E-state index in [1.54, 1.807) is 7.11 Å². The highest BCUT2D eigenvalue weighted by Crippen LogP contribution is 2.29. The van der Waals surface area contributed by atoms with Gasteiger partial charge < -0.3 is 24.6 Å². The van der Waals surface area contributed by atoms with Crippen molar-refractivity contribution in [3.8, 4) is 11.5 Å². The van der Waals surface area contributed by atoms with Crippen molar-refractivity contribution in [1.82, 2.24) is 9.80 Å². The lowest BCUT2D eigenvalue weighted by molar-refractivity contribution is -0.00293. The van der Waals surface area contributed by atoms with Crippen LogP contribution >= 0.6 is 0 Å². The highest BCUT2D eigenvalue weighted by Gasteiger charge is 2.24. The lowest BCUT2D eigenvalue weighted by atomic mass is 10.1. The molecular formula is C18H30N2O4. The smallest absolute Gasteiger partial charge is 0.161 e. The molecule has 0 bridgehead atoms. The summed E-state index contributed by atoms with van der Waals surface area (Å²) in [6.45, 7) is 9.02. The van der Waals surface area contributed by atoms with E-state index in [2.05, 4.69) is 23.6 Å². The highest BCUT2D eigenvalue weighted by atomic mass is 16.5. The predicted octanol–water partition coefficient (Wildman–Crippen LogP) is 0.953. The Bertz CT molecular complexity index is 502. The summed E-state index contributed by atoms with van der Waals surface area (Å²) in [5.74, 6) is 1.31. The molecule has 1 saturated heterocycles. The average Bonchev–Trinajstić information content (AvgIpc) is 2.56. The van der Waals surface area contributed by atoms with Crippen LogP contribution in [0, 0.1) is 0 Å². The van der Waals surface area contributed by atoms with Crippen LogP contribution < -0.4 is 9.47 Å². The van der Waals surface area contributed by atoms with Gasteiger partial charge in [0.25, 0.3) is 0 Å². The average molecular weight is 338 g/mol. The summed E-state index contributed by atoms with van der Waals surface area (Å²) in [6.07, 6.45) is -0.738. The van der Waals surface area contributed by atoms with Crippen molar-refractivity contribution >= 4 is 0 Å². The van der Waals surface area contributed by atoms with Crippen LogP contribution in [0.5, 0.6) is 11.5 Å². The first-order valence-electron chi connectivity index (χ1n) is 8.66. The Morgan fingerprint density at radius 2 is 1.96 bits per heavy atom. The molecule has 0 aromatic heterocycles. The Hall–Kier alpha value is -1.34. The number of hydrogen-bond donors (Lipinski definition) is 2. The first kappa shape index (κ1) is 19.0. The molecule has 1 unspecified atom stereocenters. The number of benzene rings is 1. The van der Waals surface area contributed by atoms with Crippen LogP contribution in [0.25, 0.3) is 0 Å². The number of β-amino-alcohol motifs (C(OH)–C–C–N with tert-alkyl or cyclic N) is 1. The van der Waals surface area contributed by atoms with E-state index in [-0.39, 0.29) is 12.7 Å². The first-order chi connectivity index (χ1) is 11.5. The van der Waals surface area contributed by atoms with Crippen molar-refractivity contribution in [2.45, 2.75) is 32.6 Å². The maximum Gasteiger partial charge on any atom is 0.161 e. The summed E-state index contributed by atoms with van der Waals surface area (Å²) in [5.41, 5.74) is 1.11. The summed E-state index contributed by atoms with van der Waals surface area (Å²) in [7, 11) is 1.61. The number of aliphatic hydroxyl groups is 2. The van der Waals surface area contributed by atoms with E-state index in [1.165, 1.54) is 0 Å². The van der Waals surface area contributed by atoms with Gasteiger partial charge in [0.05, 0.1) is 13.2 Å². The SMILES string of the molecule is CCN(CC)CC(O)COc1cc(CN2CC(O)C2)ccc1OC. The quantitative estimate of drug-likeness (QED) is 0.662. The molecule has 24 heavy (non-hydrogen) atoms. The van der Waals surface area contributed by atoms with Crippen LogP contribution in [-0.2, 0) is 6.54 Å². The zero-order valence-corrected chi connectivity index (χ0v) is 14.9. The van der Waals surface area contributed by atoms with Gasteiger partial charge in [-0.05, 0) is 30.8 Å². The van der Waals surface area contributed by atoms with Gasteiger partial charge in [0.15, 0.2) is 11.5 Å². The Balaban J connectivity index is 1.92. The normalized spacial score (nSPS) is 16.9. The standard InChI is InChI=1S/C18H30N2O4/c1-4-19(5-2)12-16(22)13-24-18-8-14(6-7-17(18)23-3)9-20-10-15(21)11-20/h6-8,15-16,21-22H,4-5,9-13H2,1-3H3. The van der Waals surface area contributed by atoms with Gasteiger partial charge in [0, 0.05) is 26.2 Å². The topological polar surface area (TPSA) is 65.4 Å². The number of rotatable bonds is 10. The fraction of sp³-hybridized carbons (Fsp3) is 0.667. The molecule has 1 atom stereocenters. The molecular weight excluding hydrogens is 308 g/mol. The number of likely N-dealkylation sites (N-methyl/N-ethyl adjacent to an activating group) is 1. The van der Waals surface area contributed by atoms with Gasteiger partial charge >= 0.3 is 0 Å². The van der Waals surface area contributed by atoms with Gasteiger partial charge in [0.2, 0.25) is 0 Å². The van der Waals surface area contributed by atoms with Crippen molar-refractivity contribution in [3.63, 3.8) is 0 Å². The molecule has 0 spiro atoms. The maximum absolute atomic E-state index is 10.2. The molecule has 0 aliphatic carbocycles. The van der Waals surface area contributed by atoms with E-state index in [9.17, 15) is 10.2 Å². The summed E-state index contributed by atoms with van der Waals surface area (Å²) in [5, 5.41) is 19.5. The lowest BCUT2D eigenvalue weighted by Gasteiger charge is -2.35. The van der Waals surface area contributed by atoms with Crippen LogP contribution in [0.2, 0.25) is 0 Å². The third-order valence-electron chi connectivity index (χ3n) is 4.37. The second kappa shape index (κ2) is 9.22. The van der Waals surface area contributed by atoms with Crippen LogP contribution in [0.4, 0.5) is 0 Å². The number of ether oxygens (including phenoxy) is 2. The van der Waals surface area contributed by atoms with Gasteiger partial charge in [-0.1, -0.05) is 19.9 Å². The van der Waals surface area contributed by atoms with Crippen molar-refractivity contribution in [2.75, 3.05) is 46.4 Å². The molecule has 6 nitrogen and oxygen atoms in total. The maximum atomic E-state index is 10.2. The van der Waals surface area contributed by atoms with E-state index in [1.807, 2.05) is 18.2 Å². The van der Waals surface area contributed by atoms with Crippen LogP contribution in [-0.4, -0.2) is 78.7 Å². The van der Waals surface area contributed by atoms with Crippen molar-refractivity contribution < 1.29 is 19.7 Å². The Kier molecular flexibility index (Phi) is 7.30. The molecule has 0 radical (unpaired) electrons. The van der Waals surface area contributed by atoms with E-state index in [4.69, 9.17) is 9.47 Å². The molecule has 1 aliphatic heterocycles. The Morgan fingerprint density at radius 1 is 1.25 bits per heavy atom. The number of hydrogen-bond acceptors (Lipinski definition) is 6. The van der Waals surface area contributed by atoms with E-state index >= 15 is 0 Å². The van der Waals surface area contributed by atoms with E-state index in [0.29, 0.717) is 31.1 Å². The summed E-state index contributed by atoms with van der Waals surface area (Å²) < 4.78 is 11.2. The van der Waals surface area contributed by atoms with Crippen molar-refractivity contribution in [2.24, 2.45) is 0 Å². The molecule has 6 heteroatoms. The molecule has 1 aromatic carbocycles. The van der Waals surface area contributed by atoms with Gasteiger partial charge in [-0.2, -0.15) is 0 Å². The van der Waals surface area contributed by atoms with Crippen LogP contribution in [0.3, 0.4) is 0 Å². The molecule has 1 aliphatic rings. The molecule has 2 N–H and O–H groups in total. The summed E-state index contributed by atoms with van der Waals surface area (Å²) in [4.78, 5) is 4.34. The first-order valence-corrected chi connectivity index (χ1v) is 8.66. The van der Waals surface area contributed by atoms with Gasteiger partial charge in [0.1, 0.15) is 12.7 Å². The third kappa shape index (κ3) is 5.34. The molecule has 2 rings (SSSR count). The molecule has 1 aromatic rings. The van der Waals surface area contributed by atoms with E-state index < -0.39 is 6.10 Å². The minimum absolute atomic E-state index is 0.200. The molecule has 1 fully saturated rings. The van der Waals surface area contributed by atoms with Gasteiger partial charge in [-0.15, -0.1) is 0 Å². The summed E-state index contributed by atoms with van der Waals surface area (Å²) in [6, 6.07) is 5.84. The fourth-order valence-corrected chi connectivity index (χ4v) is 2.88. The third-order valence-corrected chi connectivity index (χ3v) is 4.37. The second-order valence-electron chi connectivity index (χ2n) is 6.28. The van der Waals surface area contributed by atoms with Gasteiger partial charge in [-0.3, -0.25) is 4.90 Å². The van der Waals surface area contributed by atoms with Crippen molar-refractivity contribution in [3.05, 3.63) is 23.8 Å². The monoisotopic (exact) mass is 338 g/mol. The highest BCUT2D eigenvalue weighted by molar-refractivity contribution is 5.43.